The predicted molar refractivity (Wildman–Crippen MR) is 76.8 cm³/mol. The number of piperidine rings is 1. The van der Waals surface area contributed by atoms with Crippen molar-refractivity contribution in [2.45, 2.75) is 19.3 Å². The van der Waals surface area contributed by atoms with Crippen LogP contribution in [0.25, 0.3) is 0 Å². The van der Waals surface area contributed by atoms with E-state index in [0.717, 1.165) is 25.9 Å². The zero-order valence-corrected chi connectivity index (χ0v) is 11.5. The summed E-state index contributed by atoms with van der Waals surface area (Å²) in [4.78, 5) is 14.9. The van der Waals surface area contributed by atoms with Crippen LogP contribution in [-0.2, 0) is 7.05 Å². The molecular weight excluding hydrogens is 256 g/mol. The SMILES string of the molecule is Cn1ccc(Nc2nc(N)nc(N3CCCCC3)n2)n1. The van der Waals surface area contributed by atoms with Crippen molar-refractivity contribution in [3.05, 3.63) is 12.3 Å². The quantitative estimate of drug-likeness (QED) is 0.858. The number of anilines is 4. The molecule has 8 nitrogen and oxygen atoms in total. The Hall–Kier alpha value is -2.38. The normalized spacial score (nSPS) is 15.3. The van der Waals surface area contributed by atoms with E-state index in [1.807, 2.05) is 19.3 Å². The van der Waals surface area contributed by atoms with Gasteiger partial charge in [0.25, 0.3) is 0 Å². The van der Waals surface area contributed by atoms with Gasteiger partial charge in [-0.2, -0.15) is 20.1 Å². The first-order chi connectivity index (χ1) is 9.70. The molecule has 8 heteroatoms. The molecule has 0 amide bonds. The number of nitrogen functional groups attached to an aromatic ring is 1. The lowest BCUT2D eigenvalue weighted by molar-refractivity contribution is 0.568. The molecule has 0 aliphatic carbocycles. The van der Waals surface area contributed by atoms with Crippen LogP contribution in [0.4, 0.5) is 23.7 Å². The number of nitrogens with zero attached hydrogens (tertiary/aromatic N) is 6. The highest BCUT2D eigenvalue weighted by Gasteiger charge is 2.15. The third-order valence-corrected chi connectivity index (χ3v) is 3.23. The van der Waals surface area contributed by atoms with Crippen molar-refractivity contribution in [3.63, 3.8) is 0 Å². The van der Waals surface area contributed by atoms with Crippen LogP contribution in [-0.4, -0.2) is 37.8 Å². The van der Waals surface area contributed by atoms with Crippen molar-refractivity contribution in [2.24, 2.45) is 7.05 Å². The summed E-state index contributed by atoms with van der Waals surface area (Å²) in [6.45, 7) is 1.93. The van der Waals surface area contributed by atoms with Gasteiger partial charge in [0.05, 0.1) is 0 Å². The average molecular weight is 274 g/mol. The summed E-state index contributed by atoms with van der Waals surface area (Å²) >= 11 is 0. The van der Waals surface area contributed by atoms with Crippen molar-refractivity contribution < 1.29 is 0 Å². The number of nitrogens with two attached hydrogens (primary N) is 1. The lowest BCUT2D eigenvalue weighted by Gasteiger charge is -2.26. The standard InChI is InChI=1S/C12H18N8/c1-19-8-5-9(18-19)14-11-15-10(13)16-12(17-11)20-6-3-2-4-7-20/h5,8H,2-4,6-7H2,1H3,(H3,13,14,15,16,17,18). The molecule has 1 fully saturated rings. The molecule has 1 aliphatic rings. The molecule has 0 aromatic carbocycles. The van der Waals surface area contributed by atoms with Crippen LogP contribution in [0.3, 0.4) is 0 Å². The van der Waals surface area contributed by atoms with E-state index in [9.17, 15) is 0 Å². The fourth-order valence-corrected chi connectivity index (χ4v) is 2.27. The molecule has 0 radical (unpaired) electrons. The smallest absolute Gasteiger partial charge is 0.235 e. The van der Waals surface area contributed by atoms with Crippen molar-refractivity contribution in [1.82, 2.24) is 24.7 Å². The summed E-state index contributed by atoms with van der Waals surface area (Å²) in [6.07, 6.45) is 5.43. The molecular formula is C12H18N8. The fourth-order valence-electron chi connectivity index (χ4n) is 2.27. The molecule has 20 heavy (non-hydrogen) atoms. The van der Waals surface area contributed by atoms with E-state index in [2.05, 4.69) is 30.3 Å². The summed E-state index contributed by atoms with van der Waals surface area (Å²) < 4.78 is 1.71. The third-order valence-electron chi connectivity index (χ3n) is 3.23. The fraction of sp³-hybridized carbons (Fsp3) is 0.500. The van der Waals surface area contributed by atoms with Crippen LogP contribution in [0, 0.1) is 0 Å². The van der Waals surface area contributed by atoms with Crippen LogP contribution in [0.5, 0.6) is 0 Å². The van der Waals surface area contributed by atoms with Crippen molar-refractivity contribution in [3.8, 4) is 0 Å². The number of hydrogen-bond acceptors (Lipinski definition) is 7. The summed E-state index contributed by atoms with van der Waals surface area (Å²) in [5.74, 6) is 1.97. The van der Waals surface area contributed by atoms with E-state index < -0.39 is 0 Å². The first-order valence-electron chi connectivity index (χ1n) is 6.74. The number of aryl methyl sites for hydroxylation is 1. The zero-order valence-electron chi connectivity index (χ0n) is 11.5. The third kappa shape index (κ3) is 2.79. The molecule has 3 rings (SSSR count). The molecule has 3 N–H and O–H groups in total. The first-order valence-corrected chi connectivity index (χ1v) is 6.74. The molecule has 2 aromatic rings. The van der Waals surface area contributed by atoms with Gasteiger partial charge in [-0.1, -0.05) is 0 Å². The second kappa shape index (κ2) is 5.32. The Labute approximate surface area is 117 Å². The highest BCUT2D eigenvalue weighted by Crippen LogP contribution is 2.18. The molecule has 0 spiro atoms. The Balaban J connectivity index is 1.82. The number of rotatable bonds is 3. The monoisotopic (exact) mass is 274 g/mol. The lowest BCUT2D eigenvalue weighted by atomic mass is 10.1. The molecule has 0 unspecified atom stereocenters. The van der Waals surface area contributed by atoms with Crippen LogP contribution in [0.1, 0.15) is 19.3 Å². The van der Waals surface area contributed by atoms with Crippen LogP contribution in [0.15, 0.2) is 12.3 Å². The minimum Gasteiger partial charge on any atom is -0.368 e. The molecule has 1 saturated heterocycles. The van der Waals surface area contributed by atoms with Crippen molar-refractivity contribution in [2.75, 3.05) is 29.0 Å². The van der Waals surface area contributed by atoms with Gasteiger partial charge in [-0.25, -0.2) is 0 Å². The van der Waals surface area contributed by atoms with Gasteiger partial charge in [-0.05, 0) is 19.3 Å². The molecule has 106 valence electrons. The largest absolute Gasteiger partial charge is 0.368 e. The summed E-state index contributed by atoms with van der Waals surface area (Å²) in [5, 5.41) is 7.27. The molecule has 0 bridgehead atoms. The van der Waals surface area contributed by atoms with Crippen LogP contribution in [0.2, 0.25) is 0 Å². The van der Waals surface area contributed by atoms with Gasteiger partial charge in [0, 0.05) is 32.4 Å². The molecule has 1 aliphatic heterocycles. The zero-order chi connectivity index (χ0) is 13.9. The summed E-state index contributed by atoms with van der Waals surface area (Å²) in [5.41, 5.74) is 5.77. The van der Waals surface area contributed by atoms with Crippen LogP contribution >= 0.6 is 0 Å². The maximum atomic E-state index is 5.77. The maximum Gasteiger partial charge on any atom is 0.235 e. The number of nitrogens with one attached hydrogen (secondary N) is 1. The summed E-state index contributed by atoms with van der Waals surface area (Å²) in [7, 11) is 1.85. The van der Waals surface area contributed by atoms with E-state index in [1.54, 1.807) is 4.68 Å². The lowest BCUT2D eigenvalue weighted by Crippen LogP contribution is -2.31. The number of hydrogen-bond donors (Lipinski definition) is 2. The summed E-state index contributed by atoms with van der Waals surface area (Å²) in [6, 6.07) is 1.85. The molecule has 3 heterocycles. The molecule has 0 atom stereocenters. The van der Waals surface area contributed by atoms with E-state index in [-0.39, 0.29) is 5.95 Å². The minimum atomic E-state index is 0.221. The van der Waals surface area contributed by atoms with E-state index in [0.29, 0.717) is 17.7 Å². The van der Waals surface area contributed by atoms with Gasteiger partial charge in [0.1, 0.15) is 0 Å². The second-order valence-corrected chi connectivity index (χ2v) is 4.86. The predicted octanol–water partition coefficient (Wildman–Crippen LogP) is 0.921. The van der Waals surface area contributed by atoms with E-state index >= 15 is 0 Å². The Morgan fingerprint density at radius 1 is 1.15 bits per heavy atom. The molecule has 2 aromatic heterocycles. The Kier molecular flexibility index (Phi) is 3.36. The topological polar surface area (TPSA) is 97.8 Å². The Morgan fingerprint density at radius 2 is 1.95 bits per heavy atom. The van der Waals surface area contributed by atoms with Gasteiger partial charge in [-0.15, -0.1) is 0 Å². The van der Waals surface area contributed by atoms with Gasteiger partial charge in [0.2, 0.25) is 17.8 Å². The highest BCUT2D eigenvalue weighted by atomic mass is 15.3. The Morgan fingerprint density at radius 3 is 2.65 bits per heavy atom. The highest BCUT2D eigenvalue weighted by molar-refractivity contribution is 5.50. The van der Waals surface area contributed by atoms with E-state index in [1.165, 1.54) is 6.42 Å². The second-order valence-electron chi connectivity index (χ2n) is 4.86. The van der Waals surface area contributed by atoms with E-state index in [4.69, 9.17) is 5.73 Å². The number of aromatic nitrogens is 5. The van der Waals surface area contributed by atoms with Gasteiger partial charge in [-0.3, -0.25) is 4.68 Å². The minimum absolute atomic E-state index is 0.221. The maximum absolute atomic E-state index is 5.77. The molecule has 0 saturated carbocycles. The Bertz CT molecular complexity index is 587. The van der Waals surface area contributed by atoms with Gasteiger partial charge < -0.3 is 16.0 Å². The van der Waals surface area contributed by atoms with Crippen LogP contribution < -0.4 is 16.0 Å². The van der Waals surface area contributed by atoms with Gasteiger partial charge >= 0.3 is 0 Å². The average Bonchev–Trinajstić information content (AvgIpc) is 2.84. The first kappa shape index (κ1) is 12.6. The van der Waals surface area contributed by atoms with Gasteiger partial charge in [0.15, 0.2) is 5.82 Å². The van der Waals surface area contributed by atoms with Crippen molar-refractivity contribution in [1.29, 1.82) is 0 Å². The van der Waals surface area contributed by atoms with Crippen molar-refractivity contribution >= 4 is 23.7 Å².